The normalized spacial score (nSPS) is 12.4. The molecule has 0 radical (unpaired) electrons. The number of nitrogen functional groups attached to an aromatic ring is 1. The van der Waals surface area contributed by atoms with Crippen LogP contribution < -0.4 is 5.73 Å². The Morgan fingerprint density at radius 1 is 1.16 bits per heavy atom. The van der Waals surface area contributed by atoms with E-state index in [1.807, 2.05) is 0 Å². The Morgan fingerprint density at radius 3 is 2.37 bits per heavy atom. The lowest BCUT2D eigenvalue weighted by Crippen LogP contribution is -2.00. The van der Waals surface area contributed by atoms with Gasteiger partial charge >= 0.3 is 0 Å². The molecule has 0 aliphatic carbocycles. The Bertz CT molecular complexity index is 608. The fourth-order valence-corrected chi connectivity index (χ4v) is 3.78. The highest BCUT2D eigenvalue weighted by Gasteiger charge is 2.14. The van der Waals surface area contributed by atoms with Gasteiger partial charge in [-0.25, -0.2) is 4.39 Å². The summed E-state index contributed by atoms with van der Waals surface area (Å²) in [6.45, 7) is 0. The van der Waals surface area contributed by atoms with Crippen molar-refractivity contribution >= 4 is 39.7 Å². The van der Waals surface area contributed by atoms with Crippen molar-refractivity contribution in [1.29, 1.82) is 0 Å². The van der Waals surface area contributed by atoms with E-state index in [0.29, 0.717) is 20.5 Å². The summed E-state index contributed by atoms with van der Waals surface area (Å²) in [4.78, 5) is 0.355. The van der Waals surface area contributed by atoms with Gasteiger partial charge in [-0.1, -0.05) is 29.3 Å². The Kier molecular flexibility index (Phi) is 4.45. The minimum atomic E-state index is -1.46. The molecule has 0 amide bonds. The molecule has 0 bridgehead atoms. The van der Waals surface area contributed by atoms with Crippen LogP contribution in [0.4, 0.5) is 10.1 Å². The van der Waals surface area contributed by atoms with Crippen molar-refractivity contribution in [2.24, 2.45) is 0 Å². The zero-order valence-corrected chi connectivity index (χ0v) is 12.0. The van der Waals surface area contributed by atoms with E-state index in [0.717, 1.165) is 0 Å². The van der Waals surface area contributed by atoms with Gasteiger partial charge in [-0.3, -0.25) is 4.21 Å². The predicted molar refractivity (Wildman–Crippen MR) is 77.4 cm³/mol. The molecule has 2 aromatic rings. The van der Waals surface area contributed by atoms with Gasteiger partial charge in [-0.05, 0) is 35.9 Å². The summed E-state index contributed by atoms with van der Waals surface area (Å²) in [7, 11) is -1.46. The van der Waals surface area contributed by atoms with E-state index in [1.54, 1.807) is 24.3 Å². The third-order valence-electron chi connectivity index (χ3n) is 2.42. The summed E-state index contributed by atoms with van der Waals surface area (Å²) in [5.74, 6) is -0.358. The summed E-state index contributed by atoms with van der Waals surface area (Å²) in [6.07, 6.45) is 0. The lowest BCUT2D eigenvalue weighted by molar-refractivity contribution is 0.627. The number of hydrogen-bond donors (Lipinski definition) is 1. The van der Waals surface area contributed by atoms with Crippen molar-refractivity contribution in [2.75, 3.05) is 5.73 Å². The van der Waals surface area contributed by atoms with Crippen molar-refractivity contribution in [3.05, 3.63) is 57.8 Å². The van der Waals surface area contributed by atoms with E-state index in [-0.39, 0.29) is 11.4 Å². The maximum Gasteiger partial charge on any atom is 0.125 e. The minimum absolute atomic E-state index is 0.103. The molecule has 19 heavy (non-hydrogen) atoms. The van der Waals surface area contributed by atoms with Crippen LogP contribution in [-0.2, 0) is 16.6 Å². The molecule has 2 rings (SSSR count). The van der Waals surface area contributed by atoms with Crippen molar-refractivity contribution in [3.63, 3.8) is 0 Å². The molecule has 2 nitrogen and oxygen atoms in total. The van der Waals surface area contributed by atoms with Gasteiger partial charge in [0.2, 0.25) is 0 Å². The number of halogens is 3. The monoisotopic (exact) mass is 317 g/mol. The van der Waals surface area contributed by atoms with Crippen LogP contribution in [0.2, 0.25) is 10.0 Å². The Hall–Kier alpha value is -1.10. The average Bonchev–Trinajstić information content (AvgIpc) is 2.26. The fraction of sp³-hybridized carbons (Fsp3) is 0.0769. The van der Waals surface area contributed by atoms with Crippen LogP contribution in [0, 0.1) is 5.82 Å². The molecule has 0 aliphatic heterocycles. The average molecular weight is 318 g/mol. The Balaban J connectivity index is 2.31. The third-order valence-corrected chi connectivity index (χ3v) is 4.77. The SMILES string of the molecule is Nc1cc(F)cc(CS(=O)c2c(Cl)cccc2Cl)c1. The topological polar surface area (TPSA) is 43.1 Å². The van der Waals surface area contributed by atoms with E-state index >= 15 is 0 Å². The zero-order chi connectivity index (χ0) is 14.0. The summed E-state index contributed by atoms with van der Waals surface area (Å²) in [6, 6.07) is 8.96. The van der Waals surface area contributed by atoms with Gasteiger partial charge in [0, 0.05) is 5.69 Å². The van der Waals surface area contributed by atoms with Gasteiger partial charge in [0.05, 0.1) is 31.5 Å². The molecular formula is C13H10Cl2FNOS. The first kappa shape index (κ1) is 14.3. The molecule has 2 N–H and O–H groups in total. The van der Waals surface area contributed by atoms with Crippen LogP contribution in [0.25, 0.3) is 0 Å². The molecule has 0 aromatic heterocycles. The first-order chi connectivity index (χ1) is 8.97. The van der Waals surface area contributed by atoms with Crippen LogP contribution in [0.1, 0.15) is 5.56 Å². The second-order valence-electron chi connectivity index (χ2n) is 3.93. The van der Waals surface area contributed by atoms with E-state index in [2.05, 4.69) is 0 Å². The number of hydrogen-bond acceptors (Lipinski definition) is 2. The van der Waals surface area contributed by atoms with Gasteiger partial charge in [-0.15, -0.1) is 0 Å². The second-order valence-corrected chi connectivity index (χ2v) is 6.14. The van der Waals surface area contributed by atoms with Crippen LogP contribution in [0.15, 0.2) is 41.3 Å². The quantitative estimate of drug-likeness (QED) is 0.869. The number of benzene rings is 2. The van der Waals surface area contributed by atoms with E-state index in [1.165, 1.54) is 12.1 Å². The summed E-state index contributed by atoms with van der Waals surface area (Å²) >= 11 is 12.0. The largest absolute Gasteiger partial charge is 0.399 e. The number of nitrogens with two attached hydrogens (primary N) is 1. The van der Waals surface area contributed by atoms with E-state index in [9.17, 15) is 8.60 Å². The van der Waals surface area contributed by atoms with E-state index in [4.69, 9.17) is 28.9 Å². The fourth-order valence-electron chi connectivity index (χ4n) is 1.68. The summed E-state index contributed by atoms with van der Waals surface area (Å²) < 4.78 is 25.5. The van der Waals surface area contributed by atoms with Crippen molar-refractivity contribution in [1.82, 2.24) is 0 Å². The van der Waals surface area contributed by atoms with Crippen molar-refractivity contribution in [3.8, 4) is 0 Å². The highest BCUT2D eigenvalue weighted by Crippen LogP contribution is 2.29. The molecule has 1 atom stereocenters. The Labute approximate surface area is 122 Å². The molecule has 1 unspecified atom stereocenters. The Morgan fingerprint density at radius 2 is 1.79 bits per heavy atom. The smallest absolute Gasteiger partial charge is 0.125 e. The van der Waals surface area contributed by atoms with E-state index < -0.39 is 16.6 Å². The molecule has 0 fully saturated rings. The van der Waals surface area contributed by atoms with Crippen LogP contribution in [0.3, 0.4) is 0 Å². The third kappa shape index (κ3) is 3.47. The number of rotatable bonds is 3. The van der Waals surface area contributed by atoms with Gasteiger partial charge < -0.3 is 5.73 Å². The maximum atomic E-state index is 13.2. The predicted octanol–water partition coefficient (Wildman–Crippen LogP) is 4.02. The summed E-state index contributed by atoms with van der Waals surface area (Å²) in [5, 5.41) is 0.658. The van der Waals surface area contributed by atoms with Gasteiger partial charge in [0.25, 0.3) is 0 Å². The van der Waals surface area contributed by atoms with Crippen LogP contribution >= 0.6 is 23.2 Å². The standard InChI is InChI=1S/C13H10Cl2FNOS/c14-11-2-1-3-12(15)13(11)19(18)7-8-4-9(16)6-10(17)5-8/h1-6H,7,17H2. The van der Waals surface area contributed by atoms with Gasteiger partial charge in [0.15, 0.2) is 0 Å². The highest BCUT2D eigenvalue weighted by molar-refractivity contribution is 7.84. The molecule has 0 spiro atoms. The molecule has 0 saturated heterocycles. The maximum absolute atomic E-state index is 13.2. The summed E-state index contributed by atoms with van der Waals surface area (Å²) in [5.41, 5.74) is 6.37. The minimum Gasteiger partial charge on any atom is -0.399 e. The lowest BCUT2D eigenvalue weighted by Gasteiger charge is -2.07. The molecular weight excluding hydrogens is 308 g/mol. The molecule has 100 valence electrons. The van der Waals surface area contributed by atoms with Gasteiger partial charge in [-0.2, -0.15) is 0 Å². The molecule has 6 heteroatoms. The molecule has 0 heterocycles. The lowest BCUT2D eigenvalue weighted by atomic mass is 10.2. The van der Waals surface area contributed by atoms with Crippen molar-refractivity contribution in [2.45, 2.75) is 10.6 Å². The zero-order valence-electron chi connectivity index (χ0n) is 9.70. The van der Waals surface area contributed by atoms with Crippen LogP contribution in [0.5, 0.6) is 0 Å². The molecule has 0 saturated carbocycles. The second kappa shape index (κ2) is 5.90. The number of anilines is 1. The first-order valence-corrected chi connectivity index (χ1v) is 7.42. The van der Waals surface area contributed by atoms with Gasteiger partial charge in [0.1, 0.15) is 5.82 Å². The van der Waals surface area contributed by atoms with Crippen LogP contribution in [-0.4, -0.2) is 4.21 Å². The molecule has 0 aliphatic rings. The van der Waals surface area contributed by atoms with Crippen molar-refractivity contribution < 1.29 is 8.60 Å². The molecule has 2 aromatic carbocycles. The first-order valence-electron chi connectivity index (χ1n) is 5.34. The highest BCUT2D eigenvalue weighted by atomic mass is 35.5.